The standard InChI is InChI=1S/C22H42O2/c1-3-5-7-9-10-11-12-13-14-15-17-19-21-20(22(23)24-21)18-16-8-6-4-2/h20-21H,3-19H2,1-2H3/t20-,21-/m1/s1. The van der Waals surface area contributed by atoms with Crippen LogP contribution in [0.3, 0.4) is 0 Å². The number of unbranched alkanes of at least 4 members (excludes halogenated alkanes) is 13. The average Bonchev–Trinajstić information content (AvgIpc) is 2.58. The number of ether oxygens (including phenoxy) is 1. The molecule has 0 aliphatic carbocycles. The summed E-state index contributed by atoms with van der Waals surface area (Å²) in [5, 5.41) is 0. The molecule has 0 unspecified atom stereocenters. The van der Waals surface area contributed by atoms with Gasteiger partial charge in [0, 0.05) is 0 Å². The average molecular weight is 339 g/mol. The van der Waals surface area contributed by atoms with Gasteiger partial charge in [0.2, 0.25) is 0 Å². The van der Waals surface area contributed by atoms with Crippen molar-refractivity contribution in [3.05, 3.63) is 0 Å². The van der Waals surface area contributed by atoms with Gasteiger partial charge in [-0.1, -0.05) is 104 Å². The van der Waals surface area contributed by atoms with E-state index in [1.54, 1.807) is 0 Å². The molecule has 1 aliphatic rings. The van der Waals surface area contributed by atoms with Gasteiger partial charge in [-0.05, 0) is 19.3 Å². The highest BCUT2D eigenvalue weighted by molar-refractivity contribution is 5.78. The zero-order valence-corrected chi connectivity index (χ0v) is 16.5. The van der Waals surface area contributed by atoms with Crippen LogP contribution in [0.2, 0.25) is 0 Å². The summed E-state index contributed by atoms with van der Waals surface area (Å²) in [7, 11) is 0. The van der Waals surface area contributed by atoms with Crippen molar-refractivity contribution in [2.45, 2.75) is 129 Å². The SMILES string of the molecule is CCCCCCCCCCCCC[C@H]1OC(=O)[C@@H]1CCCCCC. The molecule has 0 spiro atoms. The molecule has 1 aliphatic heterocycles. The molecule has 0 amide bonds. The topological polar surface area (TPSA) is 26.3 Å². The normalized spacial score (nSPS) is 20.0. The van der Waals surface area contributed by atoms with E-state index in [0.717, 1.165) is 12.8 Å². The first kappa shape index (κ1) is 21.5. The predicted octanol–water partition coefficient (Wildman–Crippen LogP) is 7.20. The van der Waals surface area contributed by atoms with Crippen molar-refractivity contribution in [1.82, 2.24) is 0 Å². The fourth-order valence-electron chi connectivity index (χ4n) is 3.76. The molecule has 0 N–H and O–H groups in total. The minimum atomic E-state index is 0.0690. The highest BCUT2D eigenvalue weighted by atomic mass is 16.6. The summed E-state index contributed by atoms with van der Waals surface area (Å²) < 4.78 is 5.36. The molecule has 1 saturated heterocycles. The van der Waals surface area contributed by atoms with E-state index in [0.29, 0.717) is 0 Å². The van der Waals surface area contributed by atoms with Crippen molar-refractivity contribution in [1.29, 1.82) is 0 Å². The molecule has 142 valence electrons. The van der Waals surface area contributed by atoms with Gasteiger partial charge in [0.15, 0.2) is 0 Å². The van der Waals surface area contributed by atoms with Gasteiger partial charge in [0.05, 0.1) is 5.92 Å². The Labute approximate surface area is 151 Å². The molecule has 1 fully saturated rings. The number of carbonyl (C=O) groups is 1. The molecule has 2 heteroatoms. The van der Waals surface area contributed by atoms with Gasteiger partial charge in [-0.15, -0.1) is 0 Å². The summed E-state index contributed by atoms with van der Waals surface area (Å²) >= 11 is 0. The molecule has 0 aromatic carbocycles. The Kier molecular flexibility index (Phi) is 13.3. The molecule has 1 rings (SSSR count). The fourth-order valence-corrected chi connectivity index (χ4v) is 3.76. The van der Waals surface area contributed by atoms with Crippen LogP contribution in [0, 0.1) is 5.92 Å². The van der Waals surface area contributed by atoms with Crippen molar-refractivity contribution >= 4 is 5.97 Å². The van der Waals surface area contributed by atoms with E-state index in [-0.39, 0.29) is 18.0 Å². The first-order valence-electron chi connectivity index (χ1n) is 11.0. The van der Waals surface area contributed by atoms with Gasteiger partial charge >= 0.3 is 5.97 Å². The van der Waals surface area contributed by atoms with Crippen LogP contribution in [0.25, 0.3) is 0 Å². The van der Waals surface area contributed by atoms with Crippen LogP contribution < -0.4 is 0 Å². The number of cyclic esters (lactones) is 1. The lowest BCUT2D eigenvalue weighted by molar-refractivity contribution is -0.186. The van der Waals surface area contributed by atoms with Crippen LogP contribution in [-0.4, -0.2) is 12.1 Å². The minimum Gasteiger partial charge on any atom is -0.461 e. The Balaban J connectivity index is 1.87. The first-order chi connectivity index (χ1) is 11.8. The van der Waals surface area contributed by atoms with Crippen molar-refractivity contribution in [2.24, 2.45) is 5.92 Å². The van der Waals surface area contributed by atoms with Crippen LogP contribution in [0.15, 0.2) is 0 Å². The molecule has 0 aromatic rings. The molecule has 2 nitrogen and oxygen atoms in total. The third kappa shape index (κ3) is 9.69. The number of hydrogen-bond donors (Lipinski definition) is 0. The van der Waals surface area contributed by atoms with Crippen LogP contribution in [-0.2, 0) is 9.53 Å². The second-order valence-corrected chi connectivity index (χ2v) is 7.76. The van der Waals surface area contributed by atoms with Crippen LogP contribution >= 0.6 is 0 Å². The molecule has 0 saturated carbocycles. The summed E-state index contributed by atoms with van der Waals surface area (Å²) in [4.78, 5) is 11.6. The van der Waals surface area contributed by atoms with E-state index in [2.05, 4.69) is 13.8 Å². The Morgan fingerprint density at radius 2 is 1.04 bits per heavy atom. The third-order valence-electron chi connectivity index (χ3n) is 5.48. The first-order valence-corrected chi connectivity index (χ1v) is 11.0. The summed E-state index contributed by atoms with van der Waals surface area (Å²) in [5.41, 5.74) is 0. The zero-order chi connectivity index (χ0) is 17.5. The van der Waals surface area contributed by atoms with E-state index < -0.39 is 0 Å². The predicted molar refractivity (Wildman–Crippen MR) is 103 cm³/mol. The van der Waals surface area contributed by atoms with Gasteiger partial charge in [-0.25, -0.2) is 0 Å². The van der Waals surface area contributed by atoms with E-state index in [9.17, 15) is 4.79 Å². The molecule has 0 radical (unpaired) electrons. The Hall–Kier alpha value is -0.530. The van der Waals surface area contributed by atoms with E-state index in [1.165, 1.54) is 96.3 Å². The summed E-state index contributed by atoms with van der Waals surface area (Å²) in [6.45, 7) is 4.51. The van der Waals surface area contributed by atoms with E-state index >= 15 is 0 Å². The Bertz CT molecular complexity index is 300. The quantitative estimate of drug-likeness (QED) is 0.207. The third-order valence-corrected chi connectivity index (χ3v) is 5.48. The molecular weight excluding hydrogens is 296 g/mol. The summed E-state index contributed by atoms with van der Waals surface area (Å²) in [5.74, 6) is 0.296. The van der Waals surface area contributed by atoms with Gasteiger partial charge in [0.1, 0.15) is 6.10 Å². The van der Waals surface area contributed by atoms with Crippen molar-refractivity contribution < 1.29 is 9.53 Å². The van der Waals surface area contributed by atoms with Crippen molar-refractivity contribution in [2.75, 3.05) is 0 Å². The molecule has 0 bridgehead atoms. The fraction of sp³-hybridized carbons (Fsp3) is 0.955. The number of esters is 1. The van der Waals surface area contributed by atoms with Gasteiger partial charge in [-0.2, -0.15) is 0 Å². The largest absolute Gasteiger partial charge is 0.461 e. The smallest absolute Gasteiger partial charge is 0.313 e. The van der Waals surface area contributed by atoms with Crippen molar-refractivity contribution in [3.8, 4) is 0 Å². The van der Waals surface area contributed by atoms with Gasteiger partial charge in [-0.3, -0.25) is 4.79 Å². The van der Waals surface area contributed by atoms with Gasteiger partial charge < -0.3 is 4.74 Å². The van der Waals surface area contributed by atoms with Crippen LogP contribution in [0.1, 0.15) is 123 Å². The minimum absolute atomic E-state index is 0.0690. The van der Waals surface area contributed by atoms with Crippen LogP contribution in [0.4, 0.5) is 0 Å². The highest BCUT2D eigenvalue weighted by Gasteiger charge is 2.40. The van der Waals surface area contributed by atoms with Gasteiger partial charge in [0.25, 0.3) is 0 Å². The molecule has 2 atom stereocenters. The van der Waals surface area contributed by atoms with Crippen LogP contribution in [0.5, 0.6) is 0 Å². The number of rotatable bonds is 17. The highest BCUT2D eigenvalue weighted by Crippen LogP contribution is 2.31. The molecule has 24 heavy (non-hydrogen) atoms. The zero-order valence-electron chi connectivity index (χ0n) is 16.5. The lowest BCUT2D eigenvalue weighted by Crippen LogP contribution is -2.44. The monoisotopic (exact) mass is 338 g/mol. The summed E-state index contributed by atoms with van der Waals surface area (Å²) in [6.07, 6.45) is 22.6. The maximum Gasteiger partial charge on any atom is 0.313 e. The number of hydrogen-bond acceptors (Lipinski definition) is 2. The maximum atomic E-state index is 11.6. The summed E-state index contributed by atoms with van der Waals surface area (Å²) in [6, 6.07) is 0. The maximum absolute atomic E-state index is 11.6. The van der Waals surface area contributed by atoms with Crippen molar-refractivity contribution in [3.63, 3.8) is 0 Å². The molecular formula is C22H42O2. The molecule has 1 heterocycles. The lowest BCUT2D eigenvalue weighted by atomic mass is 9.87. The molecule has 0 aromatic heterocycles. The second kappa shape index (κ2) is 14.8. The Morgan fingerprint density at radius 3 is 1.54 bits per heavy atom. The lowest BCUT2D eigenvalue weighted by Gasteiger charge is -2.35. The number of carbonyl (C=O) groups excluding carboxylic acids is 1. The van der Waals surface area contributed by atoms with E-state index in [4.69, 9.17) is 4.74 Å². The second-order valence-electron chi connectivity index (χ2n) is 7.76. The van der Waals surface area contributed by atoms with E-state index in [1.807, 2.05) is 0 Å². The Morgan fingerprint density at radius 1 is 0.625 bits per heavy atom.